The third-order valence-electron chi connectivity index (χ3n) is 5.86. The van der Waals surface area contributed by atoms with E-state index in [1.54, 1.807) is 24.5 Å². The third-order valence-corrected chi connectivity index (χ3v) is 7.21. The molecular weight excluding hydrogens is 456 g/mol. The van der Waals surface area contributed by atoms with Crippen molar-refractivity contribution in [1.82, 2.24) is 4.90 Å². The average molecular weight is 483 g/mol. The number of carbonyl (C=O) groups is 2. The van der Waals surface area contributed by atoms with E-state index >= 15 is 0 Å². The summed E-state index contributed by atoms with van der Waals surface area (Å²) in [6, 6.07) is 14.5. The van der Waals surface area contributed by atoms with Crippen LogP contribution in [0.25, 0.3) is 0 Å². The van der Waals surface area contributed by atoms with Crippen LogP contribution in [0.15, 0.2) is 53.9 Å². The summed E-state index contributed by atoms with van der Waals surface area (Å²) in [4.78, 5) is 30.3. The molecule has 0 bridgehead atoms. The summed E-state index contributed by atoms with van der Waals surface area (Å²) in [5.74, 6) is -0.0592. The monoisotopic (exact) mass is 482 g/mol. The standard InChI is InChI=1S/C26H27ClN2O3S/c1-15(2)14-29-24(22-10-7-11-33-22)23(17-8-5-6-9-18(17)26(29)31)25(30)28-20-12-16(3)19(27)13-21(20)32-4/h5-13,15,23-24H,14H2,1-4H3,(H,28,30)/t23-,24-/m1/s1. The number of hydrogen-bond acceptors (Lipinski definition) is 4. The first-order valence-electron chi connectivity index (χ1n) is 10.9. The summed E-state index contributed by atoms with van der Waals surface area (Å²) < 4.78 is 5.47. The summed E-state index contributed by atoms with van der Waals surface area (Å²) in [5, 5.41) is 5.61. The molecule has 0 saturated heterocycles. The minimum absolute atomic E-state index is 0.0401. The van der Waals surface area contributed by atoms with Crippen LogP contribution in [0.4, 0.5) is 5.69 Å². The molecule has 2 amide bonds. The first kappa shape index (κ1) is 23.3. The third kappa shape index (κ3) is 4.50. The van der Waals surface area contributed by atoms with Gasteiger partial charge in [-0.25, -0.2) is 0 Å². The van der Waals surface area contributed by atoms with Crippen LogP contribution >= 0.6 is 22.9 Å². The Balaban J connectivity index is 1.83. The molecule has 1 N–H and O–H groups in total. The van der Waals surface area contributed by atoms with Crippen LogP contribution in [0.2, 0.25) is 5.02 Å². The zero-order chi connectivity index (χ0) is 23.7. The first-order valence-corrected chi connectivity index (χ1v) is 12.2. The Morgan fingerprint density at radius 1 is 1.21 bits per heavy atom. The Bertz CT molecular complexity index is 1180. The van der Waals surface area contributed by atoms with Crippen molar-refractivity contribution in [1.29, 1.82) is 0 Å². The Kier molecular flexibility index (Phi) is 6.77. The Hall–Kier alpha value is -2.83. The van der Waals surface area contributed by atoms with Gasteiger partial charge >= 0.3 is 0 Å². The van der Waals surface area contributed by atoms with Crippen molar-refractivity contribution < 1.29 is 14.3 Å². The number of anilines is 1. The molecule has 3 aromatic rings. The predicted octanol–water partition coefficient (Wildman–Crippen LogP) is 6.29. The normalized spacial score (nSPS) is 17.8. The van der Waals surface area contributed by atoms with Crippen molar-refractivity contribution >= 4 is 40.4 Å². The molecule has 33 heavy (non-hydrogen) atoms. The number of amides is 2. The lowest BCUT2D eigenvalue weighted by molar-refractivity contribution is -0.119. The molecule has 0 radical (unpaired) electrons. The van der Waals surface area contributed by atoms with E-state index in [1.807, 2.05) is 59.7 Å². The van der Waals surface area contributed by atoms with Crippen LogP contribution in [0.3, 0.4) is 0 Å². The minimum Gasteiger partial charge on any atom is -0.495 e. The predicted molar refractivity (Wildman–Crippen MR) is 133 cm³/mol. The number of nitrogens with zero attached hydrogens (tertiary/aromatic N) is 1. The number of ether oxygens (including phenoxy) is 1. The van der Waals surface area contributed by atoms with Crippen molar-refractivity contribution in [3.63, 3.8) is 0 Å². The van der Waals surface area contributed by atoms with Gasteiger partial charge in [0.15, 0.2) is 0 Å². The lowest BCUT2D eigenvalue weighted by Crippen LogP contribution is -2.47. The van der Waals surface area contributed by atoms with Gasteiger partial charge in [0.25, 0.3) is 5.91 Å². The number of nitrogens with one attached hydrogen (secondary N) is 1. The molecule has 1 aliphatic heterocycles. The number of thiophene rings is 1. The summed E-state index contributed by atoms with van der Waals surface area (Å²) in [5.41, 5.74) is 2.70. The number of carbonyl (C=O) groups excluding carboxylic acids is 2. The van der Waals surface area contributed by atoms with Crippen molar-refractivity contribution in [2.24, 2.45) is 5.92 Å². The van der Waals surface area contributed by atoms with Crippen molar-refractivity contribution in [2.45, 2.75) is 32.7 Å². The molecule has 2 heterocycles. The highest BCUT2D eigenvalue weighted by Crippen LogP contribution is 2.45. The summed E-state index contributed by atoms with van der Waals surface area (Å²) in [6.45, 7) is 6.60. The van der Waals surface area contributed by atoms with Gasteiger partial charge in [-0.1, -0.05) is 49.7 Å². The van der Waals surface area contributed by atoms with Gasteiger partial charge in [-0.2, -0.15) is 0 Å². The fourth-order valence-electron chi connectivity index (χ4n) is 4.39. The maximum Gasteiger partial charge on any atom is 0.254 e. The second kappa shape index (κ2) is 9.57. The molecule has 5 nitrogen and oxygen atoms in total. The quantitative estimate of drug-likeness (QED) is 0.449. The average Bonchev–Trinajstić information content (AvgIpc) is 3.32. The van der Waals surface area contributed by atoms with E-state index in [-0.39, 0.29) is 17.7 Å². The SMILES string of the molecule is COc1cc(Cl)c(C)cc1NC(=O)[C@@H]1c2ccccc2C(=O)N(CC(C)C)[C@@H]1c1cccs1. The highest BCUT2D eigenvalue weighted by Gasteiger charge is 2.44. The molecule has 0 spiro atoms. The van der Waals surface area contributed by atoms with Gasteiger partial charge < -0.3 is 15.0 Å². The van der Waals surface area contributed by atoms with Gasteiger partial charge in [0.1, 0.15) is 5.75 Å². The van der Waals surface area contributed by atoms with Crippen LogP contribution in [-0.2, 0) is 4.79 Å². The van der Waals surface area contributed by atoms with E-state index in [9.17, 15) is 9.59 Å². The van der Waals surface area contributed by atoms with Crippen molar-refractivity contribution in [3.8, 4) is 5.75 Å². The maximum atomic E-state index is 13.9. The van der Waals surface area contributed by atoms with Gasteiger partial charge in [-0.3, -0.25) is 9.59 Å². The molecule has 1 aromatic heterocycles. The van der Waals surface area contributed by atoms with Gasteiger partial charge in [-0.15, -0.1) is 11.3 Å². The molecule has 0 fully saturated rings. The summed E-state index contributed by atoms with van der Waals surface area (Å²) in [7, 11) is 1.55. The first-order chi connectivity index (χ1) is 15.8. The zero-order valence-electron chi connectivity index (χ0n) is 19.1. The maximum absolute atomic E-state index is 13.9. The van der Waals surface area contributed by atoms with E-state index in [4.69, 9.17) is 16.3 Å². The van der Waals surface area contributed by atoms with Gasteiger partial charge in [-0.05, 0) is 47.5 Å². The molecule has 0 unspecified atom stereocenters. The topological polar surface area (TPSA) is 58.6 Å². The number of methoxy groups -OCH3 is 1. The van der Waals surface area contributed by atoms with Gasteiger partial charge in [0, 0.05) is 28.1 Å². The largest absolute Gasteiger partial charge is 0.495 e. The molecular formula is C26H27ClN2O3S. The number of fused-ring (bicyclic) bond motifs is 1. The Morgan fingerprint density at radius 3 is 2.64 bits per heavy atom. The molecule has 4 rings (SSSR count). The molecule has 7 heteroatoms. The number of hydrogen-bond donors (Lipinski definition) is 1. The number of halogens is 1. The lowest BCUT2D eigenvalue weighted by atomic mass is 9.81. The van der Waals surface area contributed by atoms with Crippen LogP contribution in [0, 0.1) is 12.8 Å². The number of benzene rings is 2. The second-order valence-electron chi connectivity index (χ2n) is 8.67. The van der Waals surface area contributed by atoms with Gasteiger partial charge in [0.05, 0.1) is 24.8 Å². The van der Waals surface area contributed by atoms with Crippen molar-refractivity contribution in [2.75, 3.05) is 19.0 Å². The highest BCUT2D eigenvalue weighted by atomic mass is 35.5. The smallest absolute Gasteiger partial charge is 0.254 e. The van der Waals surface area contributed by atoms with Crippen molar-refractivity contribution in [3.05, 3.63) is 80.5 Å². The summed E-state index contributed by atoms with van der Waals surface area (Å²) >= 11 is 7.82. The molecule has 172 valence electrons. The van der Waals surface area contributed by atoms with E-state index < -0.39 is 12.0 Å². The Morgan fingerprint density at radius 2 is 1.97 bits per heavy atom. The second-order valence-corrected chi connectivity index (χ2v) is 10.1. The minimum atomic E-state index is -0.572. The van der Waals surface area contributed by atoms with E-state index in [0.717, 1.165) is 16.0 Å². The van der Waals surface area contributed by atoms with E-state index in [1.165, 1.54) is 0 Å². The molecule has 1 aliphatic rings. The molecule has 0 aliphatic carbocycles. The summed E-state index contributed by atoms with van der Waals surface area (Å²) in [6.07, 6.45) is 0. The fraction of sp³-hybridized carbons (Fsp3) is 0.308. The number of aryl methyl sites for hydroxylation is 1. The van der Waals surface area contributed by atoms with Crippen LogP contribution in [0.1, 0.15) is 52.2 Å². The highest BCUT2D eigenvalue weighted by molar-refractivity contribution is 7.10. The van der Waals surface area contributed by atoms with Crippen LogP contribution in [0.5, 0.6) is 5.75 Å². The fourth-order valence-corrected chi connectivity index (χ4v) is 5.41. The molecule has 2 aromatic carbocycles. The Labute approximate surface area is 203 Å². The van der Waals surface area contributed by atoms with E-state index in [2.05, 4.69) is 19.2 Å². The molecule has 2 atom stereocenters. The lowest BCUT2D eigenvalue weighted by Gasteiger charge is -2.42. The van der Waals surface area contributed by atoms with Crippen LogP contribution < -0.4 is 10.1 Å². The van der Waals surface area contributed by atoms with E-state index in [0.29, 0.717) is 28.6 Å². The zero-order valence-corrected chi connectivity index (χ0v) is 20.7. The van der Waals surface area contributed by atoms with Crippen LogP contribution in [-0.4, -0.2) is 30.4 Å². The molecule has 0 saturated carbocycles. The van der Waals surface area contributed by atoms with Gasteiger partial charge in [0.2, 0.25) is 5.91 Å². The number of rotatable bonds is 6.